The van der Waals surface area contributed by atoms with Crippen LogP contribution >= 0.6 is 11.8 Å². The molecule has 3 heterocycles. The number of hydrogen-bond donors (Lipinski definition) is 1. The molecule has 1 fully saturated rings. The van der Waals surface area contributed by atoms with E-state index in [9.17, 15) is 18.0 Å². The normalized spacial score (nSPS) is 19.8. The van der Waals surface area contributed by atoms with Gasteiger partial charge in [-0.3, -0.25) is 9.48 Å². The summed E-state index contributed by atoms with van der Waals surface area (Å²) in [5.74, 6) is -0.281. The summed E-state index contributed by atoms with van der Waals surface area (Å²) < 4.78 is 47.5. The number of nitrogens with zero attached hydrogens (tertiary/aromatic N) is 4. The Bertz CT molecular complexity index is 1400. The number of aryl methyl sites for hydroxylation is 1. The summed E-state index contributed by atoms with van der Waals surface area (Å²) in [6.45, 7) is 4.48. The van der Waals surface area contributed by atoms with Crippen LogP contribution < -0.4 is 5.32 Å². The van der Waals surface area contributed by atoms with Gasteiger partial charge in [0.1, 0.15) is 0 Å². The molecule has 2 aromatic carbocycles. The number of piperazine rings is 1. The van der Waals surface area contributed by atoms with Crippen LogP contribution in [0.1, 0.15) is 22.3 Å². The molecule has 2 aliphatic heterocycles. The van der Waals surface area contributed by atoms with Gasteiger partial charge in [0.2, 0.25) is 0 Å². The number of alkyl halides is 3. The Morgan fingerprint density at radius 1 is 1.24 bits per heavy atom. The van der Waals surface area contributed by atoms with Gasteiger partial charge in [-0.2, -0.15) is 23.3 Å². The van der Waals surface area contributed by atoms with Crippen molar-refractivity contribution in [3.63, 3.8) is 0 Å². The van der Waals surface area contributed by atoms with Gasteiger partial charge in [-0.25, -0.2) is 0 Å². The number of nitrogens with one attached hydrogen (secondary N) is 1. The van der Waals surface area contributed by atoms with E-state index in [1.807, 2.05) is 18.2 Å². The van der Waals surface area contributed by atoms with Gasteiger partial charge in [0.15, 0.2) is 5.17 Å². The number of hydrogen-bond acceptors (Lipinski definition) is 6. The first kappa shape index (κ1) is 25.5. The second-order valence-electron chi connectivity index (χ2n) is 9.14. The molecule has 0 aliphatic carbocycles. The number of amides is 1. The monoisotopic (exact) mass is 529 g/mol. The number of fused-ring (bicyclic) bond motifs is 1. The van der Waals surface area contributed by atoms with E-state index in [2.05, 4.69) is 20.3 Å². The van der Waals surface area contributed by atoms with Crippen molar-refractivity contribution in [2.24, 2.45) is 4.99 Å². The maximum absolute atomic E-state index is 13.6. The summed E-state index contributed by atoms with van der Waals surface area (Å²) in [5, 5.41) is 9.18. The van der Waals surface area contributed by atoms with E-state index in [4.69, 9.17) is 4.74 Å². The van der Waals surface area contributed by atoms with Crippen LogP contribution in [0.25, 0.3) is 17.0 Å². The third-order valence-corrected chi connectivity index (χ3v) is 7.40. The van der Waals surface area contributed by atoms with Crippen molar-refractivity contribution in [1.82, 2.24) is 20.0 Å². The molecule has 5 rings (SSSR count). The van der Waals surface area contributed by atoms with Gasteiger partial charge in [-0.05, 0) is 54.1 Å². The lowest BCUT2D eigenvalue weighted by Gasteiger charge is -2.34. The third kappa shape index (κ3) is 5.58. The van der Waals surface area contributed by atoms with Crippen molar-refractivity contribution in [2.45, 2.75) is 25.7 Å². The molecule has 37 heavy (non-hydrogen) atoms. The zero-order valence-electron chi connectivity index (χ0n) is 20.4. The Morgan fingerprint density at radius 2 is 2.08 bits per heavy atom. The molecule has 11 heteroatoms. The summed E-state index contributed by atoms with van der Waals surface area (Å²) in [6.07, 6.45) is -1.02. The van der Waals surface area contributed by atoms with Gasteiger partial charge < -0.3 is 15.0 Å². The van der Waals surface area contributed by atoms with Crippen LogP contribution in [-0.2, 0) is 22.3 Å². The molecule has 0 radical (unpaired) electrons. The second kappa shape index (κ2) is 10.3. The highest BCUT2D eigenvalue weighted by atomic mass is 32.2. The van der Waals surface area contributed by atoms with E-state index in [-0.39, 0.29) is 24.1 Å². The second-order valence-corrected chi connectivity index (χ2v) is 10.2. The Morgan fingerprint density at radius 3 is 2.86 bits per heavy atom. The van der Waals surface area contributed by atoms with Crippen molar-refractivity contribution in [2.75, 3.05) is 33.4 Å². The topological polar surface area (TPSA) is 71.8 Å². The number of halogens is 3. The lowest BCUT2D eigenvalue weighted by molar-refractivity contribution is -0.138. The van der Waals surface area contributed by atoms with E-state index in [0.29, 0.717) is 34.3 Å². The quantitative estimate of drug-likeness (QED) is 0.497. The average Bonchev–Trinajstić information content (AvgIpc) is 3.43. The van der Waals surface area contributed by atoms with E-state index >= 15 is 0 Å². The zero-order chi connectivity index (χ0) is 26.2. The first-order valence-corrected chi connectivity index (χ1v) is 12.6. The summed E-state index contributed by atoms with van der Waals surface area (Å²) >= 11 is 1.35. The van der Waals surface area contributed by atoms with E-state index < -0.39 is 11.7 Å². The molecule has 1 N–H and O–H groups in total. The van der Waals surface area contributed by atoms with Crippen LogP contribution in [0.15, 0.2) is 52.5 Å². The van der Waals surface area contributed by atoms with Crippen molar-refractivity contribution < 1.29 is 22.7 Å². The van der Waals surface area contributed by atoms with Gasteiger partial charge >= 0.3 is 6.18 Å². The third-order valence-electron chi connectivity index (χ3n) is 6.36. The van der Waals surface area contributed by atoms with Gasteiger partial charge in [0.05, 0.1) is 35.3 Å². The summed E-state index contributed by atoms with van der Waals surface area (Å²) in [7, 11) is 1.66. The number of amidine groups is 1. The standard InChI is InChI=1S/C26H26F3N5O2S/c1-16-3-5-18(21(9-16)26(27,28)29)13-34-22-6-4-17(10-19(22)12-31-34)11-23-24(35)32-25(37-23)33-8-7-30-20(14-33)15-36-2/h3-6,9-12,20,30H,7-8,13-15H2,1-2H3/b23-11-/t20-/m1/s1. The minimum atomic E-state index is -4.44. The molecule has 1 amide bonds. The molecule has 0 spiro atoms. The highest BCUT2D eigenvalue weighted by molar-refractivity contribution is 8.18. The van der Waals surface area contributed by atoms with Crippen LogP contribution in [0.5, 0.6) is 0 Å². The number of thioether (sulfide) groups is 1. The molecule has 1 saturated heterocycles. The highest BCUT2D eigenvalue weighted by Crippen LogP contribution is 2.34. The van der Waals surface area contributed by atoms with Crippen molar-refractivity contribution in [3.05, 3.63) is 69.8 Å². The van der Waals surface area contributed by atoms with Gasteiger partial charge in [-0.15, -0.1) is 0 Å². The smallest absolute Gasteiger partial charge is 0.383 e. The fraction of sp³-hybridized carbons (Fsp3) is 0.346. The average molecular weight is 530 g/mol. The summed E-state index contributed by atoms with van der Waals surface area (Å²) in [5.41, 5.74) is 1.57. The number of rotatable bonds is 5. The van der Waals surface area contributed by atoms with Crippen LogP contribution in [0.2, 0.25) is 0 Å². The number of aliphatic imine (C=N–C) groups is 1. The summed E-state index contributed by atoms with van der Waals surface area (Å²) in [6, 6.07) is 10.0. The van der Waals surface area contributed by atoms with E-state index in [1.165, 1.54) is 17.8 Å². The Kier molecular flexibility index (Phi) is 7.11. The molecule has 1 atom stereocenters. The number of benzene rings is 2. The first-order valence-electron chi connectivity index (χ1n) is 11.8. The molecular formula is C26H26F3N5O2S. The molecule has 1 aromatic heterocycles. The molecule has 0 unspecified atom stereocenters. The molecule has 0 bridgehead atoms. The largest absolute Gasteiger partial charge is 0.416 e. The van der Waals surface area contributed by atoms with Crippen molar-refractivity contribution >= 4 is 39.8 Å². The minimum absolute atomic E-state index is 0.000641. The van der Waals surface area contributed by atoms with E-state index in [0.717, 1.165) is 30.1 Å². The molecule has 194 valence electrons. The number of ether oxygens (including phenoxy) is 1. The number of methoxy groups -OCH3 is 1. The fourth-order valence-electron chi connectivity index (χ4n) is 4.57. The van der Waals surface area contributed by atoms with Gasteiger partial charge in [-0.1, -0.05) is 23.8 Å². The molecule has 2 aliphatic rings. The minimum Gasteiger partial charge on any atom is -0.383 e. The van der Waals surface area contributed by atoms with Crippen LogP contribution in [-0.4, -0.2) is 65.1 Å². The molecular weight excluding hydrogens is 503 g/mol. The number of carbonyl (C=O) groups is 1. The maximum atomic E-state index is 13.6. The lowest BCUT2D eigenvalue weighted by Crippen LogP contribution is -2.53. The molecule has 0 saturated carbocycles. The van der Waals surface area contributed by atoms with Gasteiger partial charge in [0.25, 0.3) is 5.91 Å². The maximum Gasteiger partial charge on any atom is 0.416 e. The van der Waals surface area contributed by atoms with E-state index in [1.54, 1.807) is 37.1 Å². The SMILES string of the molecule is COC[C@H]1CN(C2=NC(=O)/C(=C/c3ccc4c(cnn4Cc4ccc(C)cc4C(F)(F)F)c3)S2)CCN1. The Labute approximate surface area is 216 Å². The van der Waals surface area contributed by atoms with Crippen LogP contribution in [0.3, 0.4) is 0 Å². The number of aromatic nitrogens is 2. The predicted octanol–water partition coefficient (Wildman–Crippen LogP) is 4.30. The summed E-state index contributed by atoms with van der Waals surface area (Å²) in [4.78, 5) is 19.5. The predicted molar refractivity (Wildman–Crippen MR) is 138 cm³/mol. The number of carbonyl (C=O) groups excluding carboxylic acids is 1. The lowest BCUT2D eigenvalue weighted by atomic mass is 10.0. The molecule has 7 nitrogen and oxygen atoms in total. The highest BCUT2D eigenvalue weighted by Gasteiger charge is 2.33. The Hall–Kier alpha value is -3.15. The fourth-order valence-corrected chi connectivity index (χ4v) is 5.52. The van der Waals surface area contributed by atoms with Crippen LogP contribution in [0, 0.1) is 6.92 Å². The van der Waals surface area contributed by atoms with Gasteiger partial charge in [0, 0.05) is 38.2 Å². The Balaban J connectivity index is 1.33. The zero-order valence-corrected chi connectivity index (χ0v) is 21.2. The van der Waals surface area contributed by atoms with Crippen molar-refractivity contribution in [3.8, 4) is 0 Å². The van der Waals surface area contributed by atoms with Crippen molar-refractivity contribution in [1.29, 1.82) is 0 Å². The molecule has 3 aromatic rings. The first-order chi connectivity index (χ1) is 17.7. The van der Waals surface area contributed by atoms with Crippen LogP contribution in [0.4, 0.5) is 13.2 Å².